The summed E-state index contributed by atoms with van der Waals surface area (Å²) in [6, 6.07) is 81.7. The van der Waals surface area contributed by atoms with Crippen LogP contribution in [0.2, 0.25) is 0 Å². The highest BCUT2D eigenvalue weighted by Gasteiger charge is 2.24. The molecule has 11 aromatic carbocycles. The lowest BCUT2D eigenvalue weighted by Crippen LogP contribution is -2.01. The second-order valence-electron chi connectivity index (χ2n) is 17.6. The van der Waals surface area contributed by atoms with E-state index in [-0.39, 0.29) is 0 Å². The maximum atomic E-state index is 6.98. The van der Waals surface area contributed by atoms with Gasteiger partial charge in [-0.05, 0) is 80.0 Å². The Morgan fingerprint density at radius 2 is 0.912 bits per heavy atom. The monoisotopic (exact) mass is 866 g/mol. The molecule has 0 atom stereocenters. The van der Waals surface area contributed by atoms with Crippen LogP contribution in [0.25, 0.3) is 138 Å². The van der Waals surface area contributed by atoms with Crippen LogP contribution in [0.3, 0.4) is 0 Å². The molecule has 0 aliphatic heterocycles. The van der Waals surface area contributed by atoms with E-state index >= 15 is 0 Å². The zero-order valence-electron chi connectivity index (χ0n) is 36.6. The third-order valence-electron chi connectivity index (χ3n) is 13.6. The molecular weight excluding hydrogens is 829 g/mol. The number of nitrogens with zero attached hydrogens (tertiary/aromatic N) is 4. The lowest BCUT2D eigenvalue weighted by molar-refractivity contribution is 0.668. The molecule has 68 heavy (non-hydrogen) atoms. The third-order valence-corrected chi connectivity index (χ3v) is 13.6. The van der Waals surface area contributed by atoms with Crippen LogP contribution in [0.5, 0.6) is 0 Å². The van der Waals surface area contributed by atoms with Crippen LogP contribution in [0.4, 0.5) is 0 Å². The highest BCUT2D eigenvalue weighted by molar-refractivity contribution is 6.22. The molecule has 0 saturated carbocycles. The van der Waals surface area contributed by atoms with Gasteiger partial charge < -0.3 is 8.98 Å². The van der Waals surface area contributed by atoms with E-state index in [9.17, 15) is 0 Å². The molecule has 3 heterocycles. The first kappa shape index (κ1) is 38.1. The van der Waals surface area contributed by atoms with Crippen molar-refractivity contribution in [3.63, 3.8) is 0 Å². The van der Waals surface area contributed by atoms with Crippen molar-refractivity contribution in [2.45, 2.75) is 0 Å². The van der Waals surface area contributed by atoms with Gasteiger partial charge >= 0.3 is 0 Å². The molecule has 3 aromatic heterocycles. The quantitative estimate of drug-likeness (QED) is 0.167. The summed E-state index contributed by atoms with van der Waals surface area (Å²) in [7, 11) is 0. The van der Waals surface area contributed by atoms with Crippen molar-refractivity contribution in [1.29, 1.82) is 0 Å². The van der Waals surface area contributed by atoms with Crippen molar-refractivity contribution >= 4 is 76.1 Å². The molecule has 5 heteroatoms. The van der Waals surface area contributed by atoms with E-state index in [0.717, 1.165) is 88.4 Å². The van der Waals surface area contributed by atoms with Gasteiger partial charge in [0.05, 0.1) is 16.7 Å². The number of furan rings is 1. The van der Waals surface area contributed by atoms with Crippen LogP contribution in [0.1, 0.15) is 0 Å². The first-order chi connectivity index (χ1) is 33.7. The molecule has 0 aliphatic carbocycles. The second-order valence-corrected chi connectivity index (χ2v) is 17.6. The predicted molar refractivity (Wildman–Crippen MR) is 281 cm³/mol. The van der Waals surface area contributed by atoms with Crippen LogP contribution in [0, 0.1) is 0 Å². The van der Waals surface area contributed by atoms with Gasteiger partial charge in [0, 0.05) is 55.3 Å². The van der Waals surface area contributed by atoms with E-state index in [2.05, 4.69) is 223 Å². The van der Waals surface area contributed by atoms with Gasteiger partial charge in [0.1, 0.15) is 11.2 Å². The molecule has 0 amide bonds. The number of hydrogen-bond acceptors (Lipinski definition) is 4. The Morgan fingerprint density at radius 3 is 1.71 bits per heavy atom. The smallest absolute Gasteiger partial charge is 0.164 e. The minimum Gasteiger partial charge on any atom is -0.456 e. The summed E-state index contributed by atoms with van der Waals surface area (Å²) in [6.07, 6.45) is 0. The molecule has 0 saturated heterocycles. The zero-order valence-corrected chi connectivity index (χ0v) is 36.6. The molecule has 0 unspecified atom stereocenters. The SMILES string of the molecule is c1ccc(-c2cccc(-c3nc(-c4ccc5ccccc5c4)nc(-c4cccc5oc6cc(-n7c8cc9ccccc9cc8c8ccc9ccccc9c87)c(-c7ccccc7)cc6c45)n3)c2)cc1. The van der Waals surface area contributed by atoms with Crippen molar-refractivity contribution in [2.24, 2.45) is 0 Å². The summed E-state index contributed by atoms with van der Waals surface area (Å²) in [6.45, 7) is 0. The first-order valence-electron chi connectivity index (χ1n) is 23.0. The normalized spacial score (nSPS) is 11.8. The summed E-state index contributed by atoms with van der Waals surface area (Å²) < 4.78 is 9.45. The van der Waals surface area contributed by atoms with Crippen LogP contribution < -0.4 is 0 Å². The molecule has 14 rings (SSSR count). The van der Waals surface area contributed by atoms with Gasteiger partial charge in [-0.1, -0.05) is 188 Å². The first-order valence-corrected chi connectivity index (χ1v) is 23.0. The average molecular weight is 867 g/mol. The Bertz CT molecular complexity index is 4320. The van der Waals surface area contributed by atoms with E-state index in [1.807, 2.05) is 12.1 Å². The fraction of sp³-hybridized carbons (Fsp3) is 0. The van der Waals surface area contributed by atoms with Gasteiger partial charge in [-0.25, -0.2) is 15.0 Å². The number of fused-ring (bicyclic) bond motifs is 10. The Hall–Kier alpha value is -9.19. The standard InChI is InChI=1S/C63H38N4O/c1-3-15-39(16-4-1)44-24-13-25-47(33-44)61-64-62(48-30-29-40-17-7-8-21-43(40)34-48)66-63(65-61)51-27-14-28-57-59(51)54-37-52(41-18-5-2-6-19-41)56(38-58(54)68-57)67-55-36-46-23-10-9-22-45(46)35-53(55)50-32-31-42-20-11-12-26-49(42)60(50)67/h1-38H. The van der Waals surface area contributed by atoms with Crippen LogP contribution >= 0.6 is 0 Å². The summed E-state index contributed by atoms with van der Waals surface area (Å²) in [5.74, 6) is 1.77. The maximum Gasteiger partial charge on any atom is 0.164 e. The fourth-order valence-electron chi connectivity index (χ4n) is 10.3. The topological polar surface area (TPSA) is 56.7 Å². The average Bonchev–Trinajstić information content (AvgIpc) is 3.95. The Morgan fingerprint density at radius 1 is 0.309 bits per heavy atom. The Kier molecular flexibility index (Phi) is 8.52. The van der Waals surface area contributed by atoms with Crippen molar-refractivity contribution in [1.82, 2.24) is 19.5 Å². The number of benzene rings is 11. The molecule has 5 nitrogen and oxygen atoms in total. The molecule has 316 valence electrons. The number of aromatic nitrogens is 4. The minimum atomic E-state index is 0.572. The molecule has 14 aromatic rings. The van der Waals surface area contributed by atoms with Gasteiger partial charge in [0.15, 0.2) is 17.5 Å². The van der Waals surface area contributed by atoms with E-state index in [1.165, 1.54) is 32.3 Å². The molecule has 0 N–H and O–H groups in total. The largest absolute Gasteiger partial charge is 0.456 e. The fourth-order valence-corrected chi connectivity index (χ4v) is 10.3. The number of rotatable bonds is 6. The number of hydrogen-bond donors (Lipinski definition) is 0. The highest BCUT2D eigenvalue weighted by Crippen LogP contribution is 2.45. The summed E-state index contributed by atoms with van der Waals surface area (Å²) >= 11 is 0. The van der Waals surface area contributed by atoms with Gasteiger partial charge in [-0.15, -0.1) is 0 Å². The second kappa shape index (κ2) is 15.2. The molecule has 0 radical (unpaired) electrons. The molecule has 0 bridgehead atoms. The van der Waals surface area contributed by atoms with Gasteiger partial charge in [-0.2, -0.15) is 0 Å². The van der Waals surface area contributed by atoms with Crippen LogP contribution in [0.15, 0.2) is 235 Å². The Balaban J connectivity index is 1.04. The van der Waals surface area contributed by atoms with Gasteiger partial charge in [0.2, 0.25) is 0 Å². The Labute approximate surface area is 390 Å². The molecule has 0 fully saturated rings. The van der Waals surface area contributed by atoms with Crippen molar-refractivity contribution < 1.29 is 4.42 Å². The van der Waals surface area contributed by atoms with Crippen LogP contribution in [-0.4, -0.2) is 19.5 Å². The van der Waals surface area contributed by atoms with E-state index in [1.54, 1.807) is 0 Å². The maximum absolute atomic E-state index is 6.98. The van der Waals surface area contributed by atoms with Crippen molar-refractivity contribution in [2.75, 3.05) is 0 Å². The summed E-state index contributed by atoms with van der Waals surface area (Å²) in [5.41, 5.74) is 12.0. The van der Waals surface area contributed by atoms with Gasteiger partial charge in [-0.3, -0.25) is 0 Å². The lowest BCUT2D eigenvalue weighted by Gasteiger charge is -2.16. The molecular formula is C63H38N4O. The molecule has 0 spiro atoms. The highest BCUT2D eigenvalue weighted by atomic mass is 16.3. The third kappa shape index (κ3) is 6.14. The lowest BCUT2D eigenvalue weighted by atomic mass is 9.98. The van der Waals surface area contributed by atoms with E-state index in [4.69, 9.17) is 19.4 Å². The van der Waals surface area contributed by atoms with Crippen molar-refractivity contribution in [3.05, 3.63) is 231 Å². The van der Waals surface area contributed by atoms with Gasteiger partial charge in [0.25, 0.3) is 0 Å². The zero-order chi connectivity index (χ0) is 44.7. The van der Waals surface area contributed by atoms with Crippen LogP contribution in [-0.2, 0) is 0 Å². The van der Waals surface area contributed by atoms with Crippen molar-refractivity contribution in [3.8, 4) is 62.1 Å². The minimum absolute atomic E-state index is 0.572. The predicted octanol–water partition coefficient (Wildman–Crippen LogP) is 16.7. The molecule has 0 aliphatic rings. The summed E-state index contributed by atoms with van der Waals surface area (Å²) in [4.78, 5) is 15.8. The van der Waals surface area contributed by atoms with E-state index < -0.39 is 0 Å². The summed E-state index contributed by atoms with van der Waals surface area (Å²) in [5, 5.41) is 11.4. The van der Waals surface area contributed by atoms with E-state index in [0.29, 0.717) is 17.5 Å².